The maximum absolute atomic E-state index is 5.05. The molecule has 3 aromatic heterocycles. The van der Waals surface area contributed by atoms with Crippen LogP contribution in [0, 0.1) is 0 Å². The van der Waals surface area contributed by atoms with Gasteiger partial charge in [-0.2, -0.15) is 0 Å². The maximum Gasteiger partial charge on any atom is 0.138 e. The van der Waals surface area contributed by atoms with Crippen LogP contribution in [0.2, 0.25) is 0 Å². The molecule has 0 saturated carbocycles. The Labute approximate surface area is 198 Å². The first-order valence-electron chi connectivity index (χ1n) is 12.7. The van der Waals surface area contributed by atoms with Crippen molar-refractivity contribution in [2.45, 2.75) is 64.1 Å². The maximum atomic E-state index is 5.05. The van der Waals surface area contributed by atoms with Crippen LogP contribution in [0.1, 0.15) is 62.0 Å². The van der Waals surface area contributed by atoms with Gasteiger partial charge in [0.05, 0.1) is 17.4 Å². The van der Waals surface area contributed by atoms with Crippen LogP contribution in [0.5, 0.6) is 0 Å². The Balaban J connectivity index is 1.38. The third kappa shape index (κ3) is 4.64. The largest absolute Gasteiger partial charge is 0.358 e. The number of piperidine rings is 1. The molecular weight excluding hydrogens is 408 g/mol. The molecule has 1 saturated heterocycles. The smallest absolute Gasteiger partial charge is 0.138 e. The Kier molecular flexibility index (Phi) is 6.65. The molecule has 0 amide bonds. The second-order valence-electron chi connectivity index (χ2n) is 9.95. The Morgan fingerprint density at radius 2 is 1.91 bits per heavy atom. The molecule has 3 aromatic rings. The van der Waals surface area contributed by atoms with E-state index in [1.54, 1.807) is 0 Å². The number of rotatable bonds is 7. The first kappa shape index (κ1) is 22.4. The predicted octanol–water partition coefficient (Wildman–Crippen LogP) is 4.55. The van der Waals surface area contributed by atoms with Crippen LogP contribution < -0.4 is 4.90 Å². The van der Waals surface area contributed by atoms with Gasteiger partial charge in [-0.3, -0.25) is 14.3 Å². The van der Waals surface area contributed by atoms with Gasteiger partial charge < -0.3 is 9.80 Å². The molecule has 2 aliphatic rings. The summed E-state index contributed by atoms with van der Waals surface area (Å²) in [7, 11) is 4.40. The lowest BCUT2D eigenvalue weighted by atomic mass is 9.90. The van der Waals surface area contributed by atoms with E-state index in [4.69, 9.17) is 9.97 Å². The van der Waals surface area contributed by atoms with Gasteiger partial charge in [0.25, 0.3) is 0 Å². The summed E-state index contributed by atoms with van der Waals surface area (Å²) in [5.41, 5.74) is 4.91. The first-order valence-corrected chi connectivity index (χ1v) is 12.7. The standard InChI is InChI=1S/C27H38N6/c1-4-16-32(24-10-5-8-21-9-7-15-28-27(21)24)19-22-20-33-25(29-22)11-6-12-26(33)31-17-13-23(14-18-31)30(2)3/h6-7,9,11-12,15,20,23-24H,4-5,8,10,13-14,16-19H2,1-3H3/t24-/m0/s1. The Morgan fingerprint density at radius 3 is 2.70 bits per heavy atom. The lowest BCUT2D eigenvalue weighted by Crippen LogP contribution is -2.42. The third-order valence-corrected chi connectivity index (χ3v) is 7.52. The van der Waals surface area contributed by atoms with Crippen molar-refractivity contribution in [2.24, 2.45) is 0 Å². The van der Waals surface area contributed by atoms with E-state index in [0.717, 1.165) is 50.4 Å². The summed E-state index contributed by atoms with van der Waals surface area (Å²) < 4.78 is 2.31. The molecule has 0 N–H and O–H groups in total. The first-order chi connectivity index (χ1) is 16.1. The quantitative estimate of drug-likeness (QED) is 0.533. The number of imidazole rings is 1. The highest BCUT2D eigenvalue weighted by molar-refractivity contribution is 5.53. The highest BCUT2D eigenvalue weighted by Gasteiger charge is 2.28. The zero-order valence-electron chi connectivity index (χ0n) is 20.5. The molecule has 176 valence electrons. The van der Waals surface area contributed by atoms with E-state index < -0.39 is 0 Å². The highest BCUT2D eigenvalue weighted by atomic mass is 15.3. The van der Waals surface area contributed by atoms with Crippen molar-refractivity contribution in [1.82, 2.24) is 24.2 Å². The molecule has 0 bridgehead atoms. The van der Waals surface area contributed by atoms with E-state index in [0.29, 0.717) is 12.1 Å². The van der Waals surface area contributed by atoms with Crippen molar-refractivity contribution in [2.75, 3.05) is 38.6 Å². The number of aryl methyl sites for hydroxylation is 1. The van der Waals surface area contributed by atoms with E-state index >= 15 is 0 Å². The van der Waals surface area contributed by atoms with Gasteiger partial charge >= 0.3 is 0 Å². The van der Waals surface area contributed by atoms with Crippen molar-refractivity contribution in [1.29, 1.82) is 0 Å². The molecule has 4 heterocycles. The molecule has 1 aliphatic heterocycles. The minimum absolute atomic E-state index is 0.393. The molecule has 1 fully saturated rings. The molecule has 5 rings (SSSR count). The van der Waals surface area contributed by atoms with Crippen LogP contribution in [0.3, 0.4) is 0 Å². The zero-order chi connectivity index (χ0) is 22.8. The second kappa shape index (κ2) is 9.82. The van der Waals surface area contributed by atoms with Crippen LogP contribution in [-0.4, -0.2) is 63.9 Å². The summed E-state index contributed by atoms with van der Waals surface area (Å²) in [6.07, 6.45) is 11.4. The Morgan fingerprint density at radius 1 is 1.06 bits per heavy atom. The van der Waals surface area contributed by atoms with E-state index in [1.165, 1.54) is 42.8 Å². The average molecular weight is 447 g/mol. The third-order valence-electron chi connectivity index (χ3n) is 7.52. The number of aromatic nitrogens is 3. The van der Waals surface area contributed by atoms with Crippen molar-refractivity contribution in [3.8, 4) is 0 Å². The fraction of sp³-hybridized carbons (Fsp3) is 0.556. The van der Waals surface area contributed by atoms with Crippen molar-refractivity contribution < 1.29 is 0 Å². The number of pyridine rings is 2. The summed E-state index contributed by atoms with van der Waals surface area (Å²) in [6, 6.07) is 12.0. The van der Waals surface area contributed by atoms with Gasteiger partial charge in [-0.1, -0.05) is 19.1 Å². The van der Waals surface area contributed by atoms with Crippen molar-refractivity contribution in [3.63, 3.8) is 0 Å². The summed E-state index contributed by atoms with van der Waals surface area (Å²) in [5, 5.41) is 0. The fourth-order valence-corrected chi connectivity index (χ4v) is 5.77. The highest BCUT2D eigenvalue weighted by Crippen LogP contribution is 2.34. The number of hydrogen-bond donors (Lipinski definition) is 0. The van der Waals surface area contributed by atoms with Crippen LogP contribution >= 0.6 is 0 Å². The molecule has 6 nitrogen and oxygen atoms in total. The molecule has 6 heteroatoms. The molecule has 33 heavy (non-hydrogen) atoms. The van der Waals surface area contributed by atoms with E-state index in [1.807, 2.05) is 6.20 Å². The van der Waals surface area contributed by atoms with Gasteiger partial charge in [-0.15, -0.1) is 0 Å². The van der Waals surface area contributed by atoms with Crippen LogP contribution in [0.4, 0.5) is 5.82 Å². The lowest BCUT2D eigenvalue weighted by molar-refractivity contribution is 0.164. The minimum Gasteiger partial charge on any atom is -0.358 e. The lowest BCUT2D eigenvalue weighted by Gasteiger charge is -2.36. The van der Waals surface area contributed by atoms with Gasteiger partial charge in [-0.05, 0) is 82.9 Å². The summed E-state index contributed by atoms with van der Waals surface area (Å²) in [6.45, 7) is 6.41. The van der Waals surface area contributed by atoms with Crippen LogP contribution in [0.25, 0.3) is 5.65 Å². The van der Waals surface area contributed by atoms with Gasteiger partial charge in [-0.25, -0.2) is 4.98 Å². The molecule has 1 aliphatic carbocycles. The van der Waals surface area contributed by atoms with E-state index in [2.05, 4.69) is 76.6 Å². The number of anilines is 1. The SMILES string of the molecule is CCCN(Cc1cn2c(N3CCC(N(C)C)CC3)cccc2n1)[C@H]1CCCc2cccnc21. The number of hydrogen-bond acceptors (Lipinski definition) is 5. The second-order valence-corrected chi connectivity index (χ2v) is 9.95. The molecule has 0 aromatic carbocycles. The Bertz CT molecular complexity index is 1070. The minimum atomic E-state index is 0.393. The molecular formula is C27H38N6. The average Bonchev–Trinajstić information content (AvgIpc) is 3.26. The molecule has 0 radical (unpaired) electrons. The van der Waals surface area contributed by atoms with Crippen molar-refractivity contribution in [3.05, 3.63) is 59.7 Å². The summed E-state index contributed by atoms with van der Waals surface area (Å²) in [4.78, 5) is 17.4. The number of fused-ring (bicyclic) bond motifs is 2. The van der Waals surface area contributed by atoms with Crippen LogP contribution in [0.15, 0.2) is 42.7 Å². The fourth-order valence-electron chi connectivity index (χ4n) is 5.77. The Hall–Kier alpha value is -2.44. The summed E-state index contributed by atoms with van der Waals surface area (Å²) in [5.74, 6) is 1.27. The van der Waals surface area contributed by atoms with E-state index in [9.17, 15) is 0 Å². The van der Waals surface area contributed by atoms with Gasteiger partial charge in [0.15, 0.2) is 0 Å². The van der Waals surface area contributed by atoms with E-state index in [-0.39, 0.29) is 0 Å². The predicted molar refractivity (Wildman–Crippen MR) is 135 cm³/mol. The topological polar surface area (TPSA) is 39.9 Å². The molecule has 0 spiro atoms. The zero-order valence-corrected chi connectivity index (χ0v) is 20.5. The van der Waals surface area contributed by atoms with Gasteiger partial charge in [0, 0.05) is 38.1 Å². The normalized spacial score (nSPS) is 19.5. The monoisotopic (exact) mass is 446 g/mol. The van der Waals surface area contributed by atoms with Gasteiger partial charge in [0.2, 0.25) is 0 Å². The van der Waals surface area contributed by atoms with Crippen molar-refractivity contribution >= 4 is 11.5 Å². The molecule has 0 unspecified atom stereocenters. The van der Waals surface area contributed by atoms with Gasteiger partial charge in [0.1, 0.15) is 11.5 Å². The summed E-state index contributed by atoms with van der Waals surface area (Å²) >= 11 is 0. The number of nitrogens with zero attached hydrogens (tertiary/aromatic N) is 6. The molecule has 1 atom stereocenters. The van der Waals surface area contributed by atoms with Crippen LogP contribution in [-0.2, 0) is 13.0 Å².